The molecule has 1 unspecified atom stereocenters. The van der Waals surface area contributed by atoms with Crippen LogP contribution in [0.3, 0.4) is 0 Å². The second kappa shape index (κ2) is 5.41. The van der Waals surface area contributed by atoms with Crippen LogP contribution in [0.4, 0.5) is 0 Å². The summed E-state index contributed by atoms with van der Waals surface area (Å²) in [5, 5.41) is 10.2. The lowest BCUT2D eigenvalue weighted by Crippen LogP contribution is -2.15. The number of H-pyrrole nitrogens is 1. The van der Waals surface area contributed by atoms with Crippen molar-refractivity contribution in [3.63, 3.8) is 0 Å². The van der Waals surface area contributed by atoms with Crippen molar-refractivity contribution in [3.8, 4) is 5.75 Å². The van der Waals surface area contributed by atoms with E-state index < -0.39 is 6.10 Å². The Morgan fingerprint density at radius 3 is 3.00 bits per heavy atom. The number of hydrogen-bond acceptors (Lipinski definition) is 5. The third kappa shape index (κ3) is 2.65. The van der Waals surface area contributed by atoms with Crippen LogP contribution in [0.2, 0.25) is 0 Å². The van der Waals surface area contributed by atoms with E-state index >= 15 is 0 Å². The van der Waals surface area contributed by atoms with Gasteiger partial charge in [-0.05, 0) is 25.3 Å². The second-order valence-corrected chi connectivity index (χ2v) is 4.68. The molecule has 0 bridgehead atoms. The van der Waals surface area contributed by atoms with Gasteiger partial charge < -0.3 is 14.8 Å². The molecule has 0 saturated carbocycles. The van der Waals surface area contributed by atoms with Gasteiger partial charge in [0.15, 0.2) is 5.16 Å². The van der Waals surface area contributed by atoms with Gasteiger partial charge in [-0.3, -0.25) is 4.79 Å². The molecule has 0 aliphatic heterocycles. The van der Waals surface area contributed by atoms with Crippen LogP contribution in [-0.2, 0) is 0 Å². The summed E-state index contributed by atoms with van der Waals surface area (Å²) in [4.78, 5) is 19.0. The molecule has 96 valence electrons. The van der Waals surface area contributed by atoms with Gasteiger partial charge in [-0.1, -0.05) is 17.8 Å². The zero-order valence-corrected chi connectivity index (χ0v) is 11.0. The molecule has 0 aliphatic rings. The van der Waals surface area contributed by atoms with Gasteiger partial charge in [0, 0.05) is 0 Å². The summed E-state index contributed by atoms with van der Waals surface area (Å²) in [6.45, 7) is 1.77. The third-order valence-corrected chi connectivity index (χ3v) is 2.93. The lowest BCUT2D eigenvalue weighted by atomic mass is 10.2. The summed E-state index contributed by atoms with van der Waals surface area (Å²) in [7, 11) is 0. The van der Waals surface area contributed by atoms with Gasteiger partial charge in [0.2, 0.25) is 0 Å². The average molecular weight is 266 g/mol. The fourth-order valence-corrected chi connectivity index (χ4v) is 1.95. The Labute approximate surface area is 108 Å². The Hall–Kier alpha value is -1.53. The van der Waals surface area contributed by atoms with Crippen molar-refractivity contribution < 1.29 is 9.84 Å². The summed E-state index contributed by atoms with van der Waals surface area (Å²) in [6.07, 6.45) is 1.26. The predicted molar refractivity (Wildman–Crippen MR) is 71.3 cm³/mol. The number of nitrogens with zero attached hydrogens (tertiary/aromatic N) is 1. The fourth-order valence-electron chi connectivity index (χ4n) is 1.57. The topological polar surface area (TPSA) is 75.2 Å². The SMILES string of the molecule is CSc1nc2cccc(OCC(C)O)c2c(=O)[nH]1. The number of rotatable bonds is 4. The molecule has 1 aromatic carbocycles. The highest BCUT2D eigenvalue weighted by Crippen LogP contribution is 2.22. The molecule has 0 amide bonds. The number of nitrogens with one attached hydrogen (secondary N) is 1. The van der Waals surface area contributed by atoms with Crippen LogP contribution >= 0.6 is 11.8 Å². The highest BCUT2D eigenvalue weighted by atomic mass is 32.2. The zero-order valence-electron chi connectivity index (χ0n) is 10.1. The Bertz CT molecular complexity index is 610. The summed E-state index contributed by atoms with van der Waals surface area (Å²) < 4.78 is 5.42. The van der Waals surface area contributed by atoms with E-state index in [1.165, 1.54) is 11.8 Å². The van der Waals surface area contributed by atoms with Crippen LogP contribution in [0, 0.1) is 0 Å². The van der Waals surface area contributed by atoms with Gasteiger partial charge in [-0.2, -0.15) is 0 Å². The van der Waals surface area contributed by atoms with Crippen molar-refractivity contribution in [2.75, 3.05) is 12.9 Å². The number of fused-ring (bicyclic) bond motifs is 1. The maximum absolute atomic E-state index is 12.0. The molecule has 1 atom stereocenters. The van der Waals surface area contributed by atoms with Gasteiger partial charge in [-0.15, -0.1) is 0 Å². The highest BCUT2D eigenvalue weighted by molar-refractivity contribution is 7.98. The fraction of sp³-hybridized carbons (Fsp3) is 0.333. The Kier molecular flexibility index (Phi) is 3.88. The maximum atomic E-state index is 12.0. The highest BCUT2D eigenvalue weighted by Gasteiger charge is 2.10. The molecule has 1 heterocycles. The van der Waals surface area contributed by atoms with E-state index in [1.807, 2.05) is 6.26 Å². The maximum Gasteiger partial charge on any atom is 0.263 e. The molecule has 2 rings (SSSR count). The Balaban J connectivity index is 2.52. The molecule has 0 saturated heterocycles. The van der Waals surface area contributed by atoms with Crippen LogP contribution in [0.25, 0.3) is 10.9 Å². The van der Waals surface area contributed by atoms with E-state index in [0.29, 0.717) is 21.8 Å². The van der Waals surface area contributed by atoms with E-state index in [9.17, 15) is 9.90 Å². The van der Waals surface area contributed by atoms with Gasteiger partial charge in [-0.25, -0.2) is 4.98 Å². The van der Waals surface area contributed by atoms with Crippen LogP contribution < -0.4 is 10.3 Å². The summed E-state index contributed by atoms with van der Waals surface area (Å²) >= 11 is 1.37. The quantitative estimate of drug-likeness (QED) is 0.646. The van der Waals surface area contributed by atoms with Crippen molar-refractivity contribution in [1.29, 1.82) is 0 Å². The van der Waals surface area contributed by atoms with Gasteiger partial charge in [0.1, 0.15) is 17.7 Å². The monoisotopic (exact) mass is 266 g/mol. The summed E-state index contributed by atoms with van der Waals surface area (Å²) in [6, 6.07) is 5.23. The van der Waals surface area contributed by atoms with Crippen LogP contribution in [0.15, 0.2) is 28.2 Å². The second-order valence-electron chi connectivity index (χ2n) is 3.89. The standard InChI is InChI=1S/C12H14N2O3S/c1-7(15)6-17-9-5-3-4-8-10(9)11(16)14-12(13-8)18-2/h3-5,7,15H,6H2,1-2H3,(H,13,14,16). The van der Waals surface area contributed by atoms with Crippen molar-refractivity contribution >= 4 is 22.7 Å². The van der Waals surface area contributed by atoms with Crippen LogP contribution in [-0.4, -0.2) is 34.0 Å². The molecule has 0 spiro atoms. The van der Waals surface area contributed by atoms with Crippen molar-refractivity contribution in [2.45, 2.75) is 18.2 Å². The van der Waals surface area contributed by atoms with E-state index in [0.717, 1.165) is 0 Å². The molecule has 6 heteroatoms. The minimum absolute atomic E-state index is 0.142. The molecule has 0 radical (unpaired) electrons. The summed E-state index contributed by atoms with van der Waals surface area (Å²) in [5.74, 6) is 0.440. The van der Waals surface area contributed by atoms with Gasteiger partial charge >= 0.3 is 0 Å². The van der Waals surface area contributed by atoms with E-state index in [-0.39, 0.29) is 12.2 Å². The van der Waals surface area contributed by atoms with E-state index in [1.54, 1.807) is 25.1 Å². The summed E-state index contributed by atoms with van der Waals surface area (Å²) in [5.41, 5.74) is 0.358. The minimum atomic E-state index is -0.585. The van der Waals surface area contributed by atoms with Gasteiger partial charge in [0.25, 0.3) is 5.56 Å². The van der Waals surface area contributed by atoms with Crippen molar-refractivity contribution in [2.24, 2.45) is 0 Å². The molecule has 0 fully saturated rings. The molecule has 2 N–H and O–H groups in total. The number of ether oxygens (including phenoxy) is 1. The molecular formula is C12H14N2O3S. The number of aliphatic hydroxyl groups is 1. The minimum Gasteiger partial charge on any atom is -0.490 e. The van der Waals surface area contributed by atoms with Gasteiger partial charge in [0.05, 0.1) is 11.6 Å². The Morgan fingerprint density at radius 1 is 1.56 bits per heavy atom. The number of hydrogen-bond donors (Lipinski definition) is 2. The molecule has 1 aromatic heterocycles. The molecule has 0 aliphatic carbocycles. The first-order valence-corrected chi connectivity index (χ1v) is 6.72. The molecule has 18 heavy (non-hydrogen) atoms. The number of aromatic amines is 1. The lowest BCUT2D eigenvalue weighted by molar-refractivity contribution is 0.123. The number of aromatic nitrogens is 2. The van der Waals surface area contributed by atoms with Crippen molar-refractivity contribution in [1.82, 2.24) is 9.97 Å². The first-order valence-electron chi connectivity index (χ1n) is 5.49. The number of aliphatic hydroxyl groups excluding tert-OH is 1. The van der Waals surface area contributed by atoms with E-state index in [4.69, 9.17) is 4.74 Å². The number of benzene rings is 1. The largest absolute Gasteiger partial charge is 0.490 e. The zero-order chi connectivity index (χ0) is 13.1. The third-order valence-electron chi connectivity index (χ3n) is 2.35. The predicted octanol–water partition coefficient (Wildman–Crippen LogP) is 1.40. The molecular weight excluding hydrogens is 252 g/mol. The van der Waals surface area contributed by atoms with Crippen molar-refractivity contribution in [3.05, 3.63) is 28.6 Å². The molecule has 5 nitrogen and oxygen atoms in total. The average Bonchev–Trinajstić information content (AvgIpc) is 2.35. The lowest BCUT2D eigenvalue weighted by Gasteiger charge is -2.10. The van der Waals surface area contributed by atoms with Crippen LogP contribution in [0.5, 0.6) is 5.75 Å². The molecule has 2 aromatic rings. The normalized spacial score (nSPS) is 12.6. The first kappa shape index (κ1) is 12.9. The van der Waals surface area contributed by atoms with E-state index in [2.05, 4.69) is 9.97 Å². The first-order chi connectivity index (χ1) is 8.61. The Morgan fingerprint density at radius 2 is 2.33 bits per heavy atom. The van der Waals surface area contributed by atoms with Crippen LogP contribution in [0.1, 0.15) is 6.92 Å². The smallest absolute Gasteiger partial charge is 0.263 e. The number of thioether (sulfide) groups is 1.